The highest BCUT2D eigenvalue weighted by Gasteiger charge is 2.36. The molecule has 16 heavy (non-hydrogen) atoms. The van der Waals surface area contributed by atoms with Gasteiger partial charge in [0.1, 0.15) is 0 Å². The number of hydrogen-bond acceptors (Lipinski definition) is 2. The van der Waals surface area contributed by atoms with E-state index in [1.54, 1.807) is 18.9 Å². The first-order valence-electron chi connectivity index (χ1n) is 5.22. The van der Waals surface area contributed by atoms with Gasteiger partial charge in [0, 0.05) is 20.9 Å². The first-order valence-corrected chi connectivity index (χ1v) is 5.22. The van der Waals surface area contributed by atoms with Crippen molar-refractivity contribution < 1.29 is 14.7 Å². The van der Waals surface area contributed by atoms with Crippen LogP contribution >= 0.6 is 0 Å². The molecule has 84 valence electrons. The number of fused-ring (bicyclic) bond motifs is 1. The van der Waals surface area contributed by atoms with Gasteiger partial charge in [0.25, 0.3) is 11.9 Å². The lowest BCUT2D eigenvalue weighted by molar-refractivity contribution is -0.787. The smallest absolute Gasteiger partial charge is 0.300 e. The van der Waals surface area contributed by atoms with E-state index in [9.17, 15) is 10.0 Å². The summed E-state index contributed by atoms with van der Waals surface area (Å²) in [6.07, 6.45) is 0. The van der Waals surface area contributed by atoms with Crippen molar-refractivity contribution in [3.8, 4) is 0 Å². The Balaban J connectivity index is 2.71. The van der Waals surface area contributed by atoms with Crippen LogP contribution in [0.25, 0.3) is 0 Å². The Bertz CT molecular complexity index is 480. The van der Waals surface area contributed by atoms with Crippen LogP contribution in [-0.2, 0) is 4.79 Å². The van der Waals surface area contributed by atoms with Crippen molar-refractivity contribution in [3.05, 3.63) is 29.8 Å². The quantitative estimate of drug-likeness (QED) is 0.527. The number of rotatable bonds is 0. The minimum atomic E-state index is -0.558. The van der Waals surface area contributed by atoms with Crippen LogP contribution in [0.15, 0.2) is 24.3 Å². The van der Waals surface area contributed by atoms with E-state index in [0.29, 0.717) is 5.71 Å². The maximum atomic E-state index is 12.0. The van der Waals surface area contributed by atoms with E-state index < -0.39 is 6.04 Å². The molecule has 2 rings (SSSR count). The van der Waals surface area contributed by atoms with E-state index in [1.165, 1.54) is 0 Å². The highest BCUT2D eigenvalue weighted by molar-refractivity contribution is 6.07. The largest absolute Gasteiger partial charge is 0.309 e. The van der Waals surface area contributed by atoms with Gasteiger partial charge in [0.15, 0.2) is 0 Å². The molecule has 0 bridgehead atoms. The molecule has 1 aliphatic heterocycles. The van der Waals surface area contributed by atoms with Gasteiger partial charge in [-0.25, -0.2) is 0 Å². The molecule has 0 aromatic heterocycles. The summed E-state index contributed by atoms with van der Waals surface area (Å²) in [5.74, 6) is -0.119. The van der Waals surface area contributed by atoms with Crippen LogP contribution in [0.3, 0.4) is 0 Å². The molecule has 1 aliphatic rings. The van der Waals surface area contributed by atoms with Gasteiger partial charge in [-0.1, -0.05) is 12.1 Å². The summed E-state index contributed by atoms with van der Waals surface area (Å²) in [7, 11) is 1.73. The zero-order chi connectivity index (χ0) is 11.9. The summed E-state index contributed by atoms with van der Waals surface area (Å²) < 4.78 is 1.03. The number of nitrogens with zero attached hydrogens (tertiary/aromatic N) is 2. The van der Waals surface area contributed by atoms with Crippen molar-refractivity contribution in [1.82, 2.24) is 0 Å². The number of hydrogen-bond donors (Lipinski definition) is 1. The fraction of sp³-hybridized carbons (Fsp3) is 0.333. The van der Waals surface area contributed by atoms with Gasteiger partial charge >= 0.3 is 0 Å². The summed E-state index contributed by atoms with van der Waals surface area (Å²) >= 11 is 0. The van der Waals surface area contributed by atoms with Crippen molar-refractivity contribution in [3.63, 3.8) is 0 Å². The van der Waals surface area contributed by atoms with Gasteiger partial charge in [0.2, 0.25) is 5.71 Å². The minimum Gasteiger partial charge on any atom is -0.309 e. The summed E-state index contributed by atoms with van der Waals surface area (Å²) in [5, 5.41) is 9.91. The molecule has 1 unspecified atom stereocenters. The Labute approximate surface area is 94.4 Å². The topological polar surface area (TPSA) is 43.6 Å². The molecule has 0 radical (unpaired) electrons. The first-order chi connectivity index (χ1) is 7.54. The summed E-state index contributed by atoms with van der Waals surface area (Å²) in [5.41, 5.74) is 2.40. The molecule has 0 spiro atoms. The SMILES string of the molecule is CC1=[N+](O)C(C)C(=O)N(C)c2ccccc21. The fourth-order valence-electron chi connectivity index (χ4n) is 1.99. The van der Waals surface area contributed by atoms with Gasteiger partial charge in [-0.3, -0.25) is 10.0 Å². The lowest BCUT2D eigenvalue weighted by Gasteiger charge is -2.16. The number of benzene rings is 1. The molecule has 0 fully saturated rings. The molecule has 4 nitrogen and oxygen atoms in total. The maximum absolute atomic E-state index is 12.0. The van der Waals surface area contributed by atoms with Gasteiger partial charge < -0.3 is 4.90 Å². The van der Waals surface area contributed by atoms with Crippen LogP contribution in [0.4, 0.5) is 5.69 Å². The van der Waals surface area contributed by atoms with Crippen LogP contribution in [0.2, 0.25) is 0 Å². The third-order valence-corrected chi connectivity index (χ3v) is 3.05. The number of hydroxylamine groups is 1. The highest BCUT2D eigenvalue weighted by atomic mass is 16.5. The summed E-state index contributed by atoms with van der Waals surface area (Å²) in [4.78, 5) is 13.6. The van der Waals surface area contributed by atoms with Crippen LogP contribution in [-0.4, -0.2) is 34.7 Å². The lowest BCUT2D eigenvalue weighted by atomic mass is 10.1. The molecule has 1 atom stereocenters. The summed E-state index contributed by atoms with van der Waals surface area (Å²) in [6, 6.07) is 6.99. The molecule has 0 saturated carbocycles. The molecule has 0 aliphatic carbocycles. The van der Waals surface area contributed by atoms with E-state index >= 15 is 0 Å². The Kier molecular flexibility index (Phi) is 2.42. The van der Waals surface area contributed by atoms with Crippen LogP contribution in [0, 0.1) is 0 Å². The molecule has 1 N–H and O–H groups in total. The number of carbonyl (C=O) groups is 1. The number of anilines is 1. The Morgan fingerprint density at radius 2 is 2.00 bits per heavy atom. The predicted molar refractivity (Wildman–Crippen MR) is 61.1 cm³/mol. The zero-order valence-electron chi connectivity index (χ0n) is 9.64. The zero-order valence-corrected chi connectivity index (χ0v) is 9.64. The highest BCUT2D eigenvalue weighted by Crippen LogP contribution is 2.23. The molecule has 1 amide bonds. The van der Waals surface area contributed by atoms with Gasteiger partial charge in [-0.05, 0) is 16.9 Å². The van der Waals surface area contributed by atoms with E-state index in [2.05, 4.69) is 0 Å². The Morgan fingerprint density at radius 3 is 2.69 bits per heavy atom. The normalized spacial score (nSPS) is 20.8. The van der Waals surface area contributed by atoms with Gasteiger partial charge in [-0.15, -0.1) is 0 Å². The van der Waals surface area contributed by atoms with Crippen LogP contribution in [0.1, 0.15) is 19.4 Å². The lowest BCUT2D eigenvalue weighted by Crippen LogP contribution is -2.39. The van der Waals surface area contributed by atoms with Crippen molar-refractivity contribution in [2.45, 2.75) is 19.9 Å². The fourth-order valence-corrected chi connectivity index (χ4v) is 1.99. The van der Waals surface area contributed by atoms with E-state index in [-0.39, 0.29) is 5.91 Å². The second-order valence-corrected chi connectivity index (χ2v) is 4.02. The van der Waals surface area contributed by atoms with Gasteiger partial charge in [-0.2, -0.15) is 0 Å². The molecule has 0 saturated heterocycles. The van der Waals surface area contributed by atoms with E-state index in [0.717, 1.165) is 16.0 Å². The number of carbonyl (C=O) groups excluding carboxylic acids is 1. The predicted octanol–water partition coefficient (Wildman–Crippen LogP) is 1.26. The number of amides is 1. The summed E-state index contributed by atoms with van der Waals surface area (Å²) in [6.45, 7) is 3.50. The van der Waals surface area contributed by atoms with Crippen molar-refractivity contribution in [1.29, 1.82) is 0 Å². The second-order valence-electron chi connectivity index (χ2n) is 4.02. The Hall–Kier alpha value is -1.84. The number of benzodiazepines with no additional fused rings is 1. The third kappa shape index (κ3) is 1.38. The third-order valence-electron chi connectivity index (χ3n) is 3.05. The number of para-hydroxylation sites is 1. The standard InChI is InChI=1S/C12H15N2O2/c1-8-10-6-4-5-7-11(10)13(3)12(15)9(2)14(8)16/h4-7,9,16H,1-3H3/q+1. The van der Waals surface area contributed by atoms with Gasteiger partial charge in [0.05, 0.1) is 11.3 Å². The number of likely N-dealkylation sites (N-methyl/N-ethyl adjacent to an activating group) is 1. The van der Waals surface area contributed by atoms with Crippen molar-refractivity contribution in [2.75, 3.05) is 11.9 Å². The first kappa shape index (κ1) is 10.7. The maximum Gasteiger partial charge on any atom is 0.300 e. The van der Waals surface area contributed by atoms with E-state index in [1.807, 2.05) is 31.2 Å². The van der Waals surface area contributed by atoms with E-state index in [4.69, 9.17) is 0 Å². The molecule has 1 aromatic carbocycles. The van der Waals surface area contributed by atoms with Crippen LogP contribution < -0.4 is 4.90 Å². The molecular weight excluding hydrogens is 204 g/mol. The minimum absolute atomic E-state index is 0.119. The average molecular weight is 219 g/mol. The average Bonchev–Trinajstić information content (AvgIpc) is 2.38. The molecule has 1 aromatic rings. The molecule has 4 heteroatoms. The monoisotopic (exact) mass is 219 g/mol. The molecule has 1 heterocycles. The van der Waals surface area contributed by atoms with Crippen LogP contribution in [0.5, 0.6) is 0 Å². The van der Waals surface area contributed by atoms with Crippen molar-refractivity contribution in [2.24, 2.45) is 0 Å². The Morgan fingerprint density at radius 1 is 1.38 bits per heavy atom. The molecular formula is C12H15N2O2+. The second kappa shape index (κ2) is 3.63. The van der Waals surface area contributed by atoms with Crippen molar-refractivity contribution >= 4 is 17.3 Å².